The number of nitrogens with zero attached hydrogens (tertiary/aromatic N) is 2. The molecule has 1 aromatic heterocycles. The minimum Gasteiger partial charge on any atom is -0.338 e. The van der Waals surface area contributed by atoms with Crippen LogP contribution in [0.1, 0.15) is 26.0 Å². The number of likely N-dealkylation sites (tertiary alicyclic amines) is 1. The smallest absolute Gasteiger partial charge is 0.243 e. The fourth-order valence-corrected chi connectivity index (χ4v) is 2.37. The first-order valence-corrected chi connectivity index (χ1v) is 6.62. The molecular formula is C13H22N4O2. The lowest BCUT2D eigenvalue weighted by molar-refractivity contribution is -0.120. The molecule has 0 spiro atoms. The molecular weight excluding hydrogens is 244 g/mol. The van der Waals surface area contributed by atoms with E-state index >= 15 is 0 Å². The Labute approximate surface area is 113 Å². The molecule has 1 aromatic rings. The molecule has 1 fully saturated rings. The molecule has 106 valence electrons. The van der Waals surface area contributed by atoms with Crippen molar-refractivity contribution in [2.24, 2.45) is 11.1 Å². The van der Waals surface area contributed by atoms with Crippen LogP contribution in [0.2, 0.25) is 0 Å². The first-order chi connectivity index (χ1) is 8.93. The monoisotopic (exact) mass is 266 g/mol. The number of aromatic nitrogens is 1. The van der Waals surface area contributed by atoms with Crippen LogP contribution in [0.25, 0.3) is 0 Å². The van der Waals surface area contributed by atoms with Gasteiger partial charge in [-0.15, -0.1) is 0 Å². The summed E-state index contributed by atoms with van der Waals surface area (Å²) in [5.41, 5.74) is 6.65. The first kappa shape index (κ1) is 14.0. The zero-order chi connectivity index (χ0) is 14.0. The maximum Gasteiger partial charge on any atom is 0.243 e. The minimum absolute atomic E-state index is 0.0718. The van der Waals surface area contributed by atoms with E-state index in [-0.39, 0.29) is 17.4 Å². The second kappa shape index (κ2) is 5.30. The molecule has 1 saturated heterocycles. The third-order valence-corrected chi connectivity index (χ3v) is 3.88. The minimum atomic E-state index is -0.196. The third-order valence-electron chi connectivity index (χ3n) is 3.88. The van der Waals surface area contributed by atoms with E-state index in [2.05, 4.69) is 22.3 Å². The summed E-state index contributed by atoms with van der Waals surface area (Å²) in [5.74, 6) is 0.326. The van der Waals surface area contributed by atoms with Gasteiger partial charge >= 0.3 is 0 Å². The molecule has 2 unspecified atom stereocenters. The van der Waals surface area contributed by atoms with Crippen molar-refractivity contribution in [1.82, 2.24) is 10.1 Å². The van der Waals surface area contributed by atoms with E-state index in [1.165, 1.54) is 0 Å². The van der Waals surface area contributed by atoms with E-state index in [1.54, 1.807) is 6.07 Å². The molecule has 0 saturated carbocycles. The largest absolute Gasteiger partial charge is 0.338 e. The average Bonchev–Trinajstić information content (AvgIpc) is 2.96. The van der Waals surface area contributed by atoms with Gasteiger partial charge in [0.1, 0.15) is 0 Å². The van der Waals surface area contributed by atoms with Crippen LogP contribution in [0.3, 0.4) is 0 Å². The van der Waals surface area contributed by atoms with Crippen molar-refractivity contribution in [2.75, 3.05) is 25.0 Å². The summed E-state index contributed by atoms with van der Waals surface area (Å²) in [7, 11) is 0. The van der Waals surface area contributed by atoms with Crippen LogP contribution < -0.4 is 11.1 Å². The van der Waals surface area contributed by atoms with Gasteiger partial charge in [0, 0.05) is 12.6 Å². The summed E-state index contributed by atoms with van der Waals surface area (Å²) < 4.78 is 4.99. The number of rotatable bonds is 4. The van der Waals surface area contributed by atoms with Gasteiger partial charge in [0.05, 0.1) is 11.7 Å². The number of anilines is 1. The third kappa shape index (κ3) is 3.13. The summed E-state index contributed by atoms with van der Waals surface area (Å²) in [6, 6.07) is 1.51. The predicted molar refractivity (Wildman–Crippen MR) is 72.7 cm³/mol. The van der Waals surface area contributed by atoms with Crippen LogP contribution in [0.4, 0.5) is 5.88 Å². The zero-order valence-corrected chi connectivity index (χ0v) is 11.8. The summed E-state index contributed by atoms with van der Waals surface area (Å²) in [6.07, 6.45) is 1.03. The van der Waals surface area contributed by atoms with Crippen LogP contribution >= 0.6 is 0 Å². The van der Waals surface area contributed by atoms with E-state index in [0.29, 0.717) is 12.4 Å². The Bertz CT molecular complexity index is 459. The SMILES string of the molecule is Cc1cc(NC(=O)C(C)N2CCC(C)(CN)C2)on1. The highest BCUT2D eigenvalue weighted by molar-refractivity contribution is 5.93. The van der Waals surface area contributed by atoms with Crippen molar-refractivity contribution in [2.45, 2.75) is 33.2 Å². The van der Waals surface area contributed by atoms with Gasteiger partial charge in [-0.05, 0) is 38.8 Å². The maximum absolute atomic E-state index is 12.1. The normalized spacial score (nSPS) is 25.5. The lowest BCUT2D eigenvalue weighted by Crippen LogP contribution is -2.42. The number of hydrogen-bond donors (Lipinski definition) is 2. The van der Waals surface area contributed by atoms with Crippen molar-refractivity contribution >= 4 is 11.8 Å². The fraction of sp³-hybridized carbons (Fsp3) is 0.692. The quantitative estimate of drug-likeness (QED) is 0.848. The van der Waals surface area contributed by atoms with Crippen molar-refractivity contribution < 1.29 is 9.32 Å². The number of nitrogens with two attached hydrogens (primary N) is 1. The molecule has 1 amide bonds. The van der Waals surface area contributed by atoms with Gasteiger partial charge in [-0.2, -0.15) is 0 Å². The van der Waals surface area contributed by atoms with Gasteiger partial charge in [0.25, 0.3) is 0 Å². The molecule has 0 bridgehead atoms. The van der Waals surface area contributed by atoms with Gasteiger partial charge in [-0.25, -0.2) is 0 Å². The maximum atomic E-state index is 12.1. The lowest BCUT2D eigenvalue weighted by Gasteiger charge is -2.26. The number of amides is 1. The highest BCUT2D eigenvalue weighted by atomic mass is 16.5. The molecule has 0 aliphatic carbocycles. The molecule has 0 aromatic carbocycles. The van der Waals surface area contributed by atoms with E-state index in [0.717, 1.165) is 25.2 Å². The summed E-state index contributed by atoms with van der Waals surface area (Å²) in [5, 5.41) is 6.49. The second-order valence-corrected chi connectivity index (χ2v) is 5.73. The fourth-order valence-electron chi connectivity index (χ4n) is 2.37. The molecule has 1 aliphatic heterocycles. The second-order valence-electron chi connectivity index (χ2n) is 5.73. The molecule has 1 aliphatic rings. The topological polar surface area (TPSA) is 84.4 Å². The van der Waals surface area contributed by atoms with Gasteiger partial charge in [0.15, 0.2) is 0 Å². The van der Waals surface area contributed by atoms with Crippen LogP contribution in [0, 0.1) is 12.3 Å². The predicted octanol–water partition coefficient (Wildman–Crippen LogP) is 0.981. The van der Waals surface area contributed by atoms with Gasteiger partial charge < -0.3 is 10.3 Å². The molecule has 3 N–H and O–H groups in total. The van der Waals surface area contributed by atoms with Gasteiger partial charge in [-0.1, -0.05) is 12.1 Å². The standard InChI is InChI=1S/C13H22N4O2/c1-9-6-11(19-16-9)15-12(18)10(2)17-5-4-13(3,7-14)8-17/h6,10H,4-5,7-8,14H2,1-3H3,(H,15,18). The molecule has 2 heterocycles. The van der Waals surface area contributed by atoms with E-state index in [9.17, 15) is 4.79 Å². The van der Waals surface area contributed by atoms with Gasteiger partial charge in [-0.3, -0.25) is 15.0 Å². The summed E-state index contributed by atoms with van der Waals surface area (Å²) in [4.78, 5) is 14.3. The summed E-state index contributed by atoms with van der Waals surface area (Å²) in [6.45, 7) is 8.29. The van der Waals surface area contributed by atoms with Crippen molar-refractivity contribution in [3.63, 3.8) is 0 Å². The van der Waals surface area contributed by atoms with Gasteiger partial charge in [0.2, 0.25) is 11.8 Å². The van der Waals surface area contributed by atoms with Crippen LogP contribution in [-0.2, 0) is 4.79 Å². The highest BCUT2D eigenvalue weighted by Gasteiger charge is 2.36. The summed E-state index contributed by atoms with van der Waals surface area (Å²) >= 11 is 0. The van der Waals surface area contributed by atoms with Crippen molar-refractivity contribution in [3.05, 3.63) is 11.8 Å². The molecule has 2 atom stereocenters. The van der Waals surface area contributed by atoms with E-state index in [1.807, 2.05) is 13.8 Å². The first-order valence-electron chi connectivity index (χ1n) is 6.62. The Hall–Kier alpha value is -1.40. The van der Waals surface area contributed by atoms with Crippen LogP contribution in [-0.4, -0.2) is 41.6 Å². The van der Waals surface area contributed by atoms with E-state index < -0.39 is 0 Å². The number of carbonyl (C=O) groups excluding carboxylic acids is 1. The van der Waals surface area contributed by atoms with E-state index in [4.69, 9.17) is 10.3 Å². The van der Waals surface area contributed by atoms with Crippen LogP contribution in [0.5, 0.6) is 0 Å². The number of nitrogens with one attached hydrogen (secondary N) is 1. The molecule has 2 rings (SSSR count). The molecule has 19 heavy (non-hydrogen) atoms. The Balaban J connectivity index is 1.93. The Kier molecular flexibility index (Phi) is 3.91. The molecule has 6 heteroatoms. The molecule has 0 radical (unpaired) electrons. The van der Waals surface area contributed by atoms with Crippen LogP contribution in [0.15, 0.2) is 10.6 Å². The Morgan fingerprint density at radius 1 is 1.74 bits per heavy atom. The lowest BCUT2D eigenvalue weighted by atomic mass is 9.90. The Morgan fingerprint density at radius 2 is 2.47 bits per heavy atom. The van der Waals surface area contributed by atoms with Crippen molar-refractivity contribution in [3.8, 4) is 0 Å². The highest BCUT2D eigenvalue weighted by Crippen LogP contribution is 2.29. The number of aryl methyl sites for hydroxylation is 1. The zero-order valence-electron chi connectivity index (χ0n) is 11.8. The van der Waals surface area contributed by atoms with Crippen molar-refractivity contribution in [1.29, 1.82) is 0 Å². The molecule has 6 nitrogen and oxygen atoms in total. The number of carbonyl (C=O) groups is 1. The Morgan fingerprint density at radius 3 is 3.00 bits per heavy atom. The average molecular weight is 266 g/mol. The number of hydrogen-bond acceptors (Lipinski definition) is 5.